The summed E-state index contributed by atoms with van der Waals surface area (Å²) in [5.74, 6) is 0.750. The average Bonchev–Trinajstić information content (AvgIpc) is 3.54. The number of halogens is 1. The number of anilines is 1. The van der Waals surface area contributed by atoms with Crippen LogP contribution in [0.4, 0.5) is 5.69 Å². The van der Waals surface area contributed by atoms with Crippen molar-refractivity contribution in [1.29, 1.82) is 0 Å². The van der Waals surface area contributed by atoms with Crippen LogP contribution in [0.25, 0.3) is 0 Å². The third kappa shape index (κ3) is 4.70. The second-order valence-electron chi connectivity index (χ2n) is 7.14. The van der Waals surface area contributed by atoms with Gasteiger partial charge in [0.05, 0.1) is 13.1 Å². The van der Waals surface area contributed by atoms with Crippen molar-refractivity contribution in [3.05, 3.63) is 83.7 Å². The van der Waals surface area contributed by atoms with Crippen molar-refractivity contribution in [3.8, 4) is 11.6 Å². The van der Waals surface area contributed by atoms with Gasteiger partial charge in [0.1, 0.15) is 17.9 Å². The van der Waals surface area contributed by atoms with E-state index in [1.807, 2.05) is 24.3 Å². The number of carbonyl (C=O) groups excluding carboxylic acids is 1. The Morgan fingerprint density at radius 3 is 2.64 bits per heavy atom. The minimum Gasteiger partial charge on any atom is -0.436 e. The lowest BCUT2D eigenvalue weighted by Gasteiger charge is -2.31. The largest absolute Gasteiger partial charge is 0.436 e. The number of aromatic nitrogens is 3. The zero-order chi connectivity index (χ0) is 22.6. The second kappa shape index (κ2) is 9.13. The predicted molar refractivity (Wildman–Crippen MR) is 118 cm³/mol. The predicted octanol–water partition coefficient (Wildman–Crippen LogP) is 4.10. The van der Waals surface area contributed by atoms with Gasteiger partial charge >= 0.3 is 0 Å². The van der Waals surface area contributed by atoms with Crippen LogP contribution in [0.2, 0.25) is 5.02 Å². The quantitative estimate of drug-likeness (QED) is 0.453. The first kappa shape index (κ1) is 20.7. The Morgan fingerprint density at radius 1 is 1.12 bits per heavy atom. The molecule has 0 radical (unpaired) electrons. The van der Waals surface area contributed by atoms with Crippen LogP contribution in [0.5, 0.6) is 11.6 Å². The lowest BCUT2D eigenvalue weighted by atomic mass is 10.1. The monoisotopic (exact) mass is 464 g/mol. The van der Waals surface area contributed by atoms with Crippen molar-refractivity contribution in [2.45, 2.75) is 12.5 Å². The molecule has 0 saturated carbocycles. The van der Waals surface area contributed by atoms with E-state index in [1.165, 1.54) is 12.6 Å². The van der Waals surface area contributed by atoms with E-state index in [0.717, 1.165) is 11.3 Å². The van der Waals surface area contributed by atoms with E-state index in [4.69, 9.17) is 25.4 Å². The van der Waals surface area contributed by atoms with Crippen molar-refractivity contribution in [2.24, 2.45) is 4.99 Å². The number of ether oxygens (including phenoxy) is 1. The van der Waals surface area contributed by atoms with Crippen LogP contribution in [-0.2, 0) is 11.3 Å². The Labute approximate surface area is 192 Å². The highest BCUT2D eigenvalue weighted by Gasteiger charge is 2.36. The maximum atomic E-state index is 13.3. The molecule has 4 aromatic rings. The van der Waals surface area contributed by atoms with Crippen LogP contribution < -0.4 is 10.1 Å². The van der Waals surface area contributed by atoms with Gasteiger partial charge in [0.25, 0.3) is 5.88 Å². The summed E-state index contributed by atoms with van der Waals surface area (Å²) in [4.78, 5) is 23.5. The van der Waals surface area contributed by atoms with Gasteiger partial charge in [0.2, 0.25) is 17.8 Å². The van der Waals surface area contributed by atoms with Crippen molar-refractivity contribution in [3.63, 3.8) is 0 Å². The van der Waals surface area contributed by atoms with Crippen molar-refractivity contribution in [1.82, 2.24) is 20.2 Å². The van der Waals surface area contributed by atoms with Crippen molar-refractivity contribution in [2.75, 3.05) is 11.9 Å². The molecule has 10 nitrogen and oxygen atoms in total. The number of rotatable bonds is 6. The normalized spacial score (nSPS) is 15.9. The lowest BCUT2D eigenvalue weighted by Crippen LogP contribution is -2.47. The summed E-state index contributed by atoms with van der Waals surface area (Å²) < 4.78 is 15.5. The van der Waals surface area contributed by atoms with Gasteiger partial charge < -0.3 is 19.1 Å². The molecule has 0 fully saturated rings. The van der Waals surface area contributed by atoms with Gasteiger partial charge in [0, 0.05) is 16.8 Å². The first-order valence-corrected chi connectivity index (χ1v) is 10.4. The molecule has 166 valence electrons. The molecule has 0 spiro atoms. The number of benzene rings is 2. The van der Waals surface area contributed by atoms with E-state index >= 15 is 0 Å². The highest BCUT2D eigenvalue weighted by Crippen LogP contribution is 2.26. The zero-order valence-corrected chi connectivity index (χ0v) is 17.8. The maximum Gasteiger partial charge on any atom is 0.259 e. The summed E-state index contributed by atoms with van der Waals surface area (Å²) in [5.41, 5.74) is 1.62. The number of nitrogens with one attached hydrogen (secondary N) is 1. The molecule has 1 aliphatic rings. The van der Waals surface area contributed by atoms with Gasteiger partial charge in [-0.05, 0) is 47.1 Å². The summed E-state index contributed by atoms with van der Waals surface area (Å²) in [7, 11) is 0. The third-order valence-electron chi connectivity index (χ3n) is 4.92. The van der Waals surface area contributed by atoms with E-state index in [2.05, 4.69) is 25.6 Å². The number of amides is 1. The minimum atomic E-state index is -0.649. The number of carbonyl (C=O) groups is 1. The van der Waals surface area contributed by atoms with Crippen LogP contribution in [0.15, 0.2) is 81.2 Å². The molecule has 33 heavy (non-hydrogen) atoms. The molecule has 0 saturated heterocycles. The summed E-state index contributed by atoms with van der Waals surface area (Å²) in [5, 5.41) is 11.2. The van der Waals surface area contributed by atoms with Gasteiger partial charge in [-0.3, -0.25) is 14.7 Å². The molecule has 5 rings (SSSR count). The van der Waals surface area contributed by atoms with Crippen molar-refractivity contribution < 1.29 is 18.6 Å². The number of hydrogen-bond acceptors (Lipinski definition) is 9. The summed E-state index contributed by atoms with van der Waals surface area (Å²) >= 11 is 6.00. The minimum absolute atomic E-state index is 0.188. The third-order valence-corrected chi connectivity index (χ3v) is 5.17. The van der Waals surface area contributed by atoms with E-state index < -0.39 is 5.92 Å². The molecule has 1 atom stereocenters. The van der Waals surface area contributed by atoms with Crippen LogP contribution in [0.1, 0.15) is 17.4 Å². The molecule has 0 bridgehead atoms. The fraction of sp³-hybridized carbons (Fsp3) is 0.136. The standard InChI is InChI=1S/C22H17ClN6O4/c23-15-3-1-14(2-4-15)12-29-21(30)18(20-25-13-26-33-20)11-24-22(29)27-16-5-7-17(8-6-16)32-19-9-10-31-28-19/h1-10,13,18H,11-12H2,(H,24,27). The van der Waals surface area contributed by atoms with Crippen LogP contribution in [-0.4, -0.2) is 38.6 Å². The van der Waals surface area contributed by atoms with Gasteiger partial charge in [-0.25, -0.2) is 0 Å². The van der Waals surface area contributed by atoms with Crippen LogP contribution in [0.3, 0.4) is 0 Å². The second-order valence-corrected chi connectivity index (χ2v) is 7.57. The van der Waals surface area contributed by atoms with Gasteiger partial charge in [-0.15, -0.1) is 0 Å². The molecular weight excluding hydrogens is 448 g/mol. The fourth-order valence-electron chi connectivity index (χ4n) is 3.30. The molecule has 1 amide bonds. The summed E-state index contributed by atoms with van der Waals surface area (Å²) in [6, 6.07) is 16.1. The maximum absolute atomic E-state index is 13.3. The van der Waals surface area contributed by atoms with Crippen LogP contribution >= 0.6 is 11.6 Å². The van der Waals surface area contributed by atoms with E-state index in [9.17, 15) is 4.79 Å². The topological polar surface area (TPSA) is 119 Å². The molecule has 3 heterocycles. The zero-order valence-electron chi connectivity index (χ0n) is 17.1. The van der Waals surface area contributed by atoms with Crippen molar-refractivity contribution >= 4 is 29.2 Å². The molecular formula is C22H17ClN6O4. The Balaban J connectivity index is 1.37. The fourth-order valence-corrected chi connectivity index (χ4v) is 3.42. The molecule has 1 unspecified atom stereocenters. The highest BCUT2D eigenvalue weighted by atomic mass is 35.5. The van der Waals surface area contributed by atoms with E-state index in [0.29, 0.717) is 29.2 Å². The average molecular weight is 465 g/mol. The molecule has 2 aromatic heterocycles. The number of guanidine groups is 1. The summed E-state index contributed by atoms with van der Waals surface area (Å²) in [6.45, 7) is 0.480. The number of aliphatic imine (C=N–C) groups is 1. The Kier molecular flexibility index (Phi) is 5.73. The molecule has 0 aliphatic carbocycles. The highest BCUT2D eigenvalue weighted by molar-refractivity contribution is 6.30. The first-order valence-electron chi connectivity index (χ1n) is 9.98. The molecule has 1 aliphatic heterocycles. The van der Waals surface area contributed by atoms with E-state index in [-0.39, 0.29) is 18.3 Å². The smallest absolute Gasteiger partial charge is 0.259 e. The van der Waals surface area contributed by atoms with Gasteiger partial charge in [-0.1, -0.05) is 28.9 Å². The van der Waals surface area contributed by atoms with Crippen LogP contribution in [0, 0.1) is 0 Å². The molecule has 2 aromatic carbocycles. The Hall–Kier alpha value is -4.18. The van der Waals surface area contributed by atoms with E-state index in [1.54, 1.807) is 35.2 Å². The van der Waals surface area contributed by atoms with Gasteiger partial charge in [-0.2, -0.15) is 4.98 Å². The van der Waals surface area contributed by atoms with Gasteiger partial charge in [0.15, 0.2) is 6.33 Å². The molecule has 11 heteroatoms. The lowest BCUT2D eigenvalue weighted by molar-refractivity contribution is -0.130. The number of hydrogen-bond donors (Lipinski definition) is 1. The molecule has 1 N–H and O–H groups in total. The SMILES string of the molecule is O=C1C(c2ncno2)CN=C(Nc2ccc(Oc3ccon3)cc2)N1Cc1ccc(Cl)cc1. The Morgan fingerprint density at radius 2 is 1.94 bits per heavy atom. The Bertz CT molecular complexity index is 1240. The summed E-state index contributed by atoms with van der Waals surface area (Å²) in [6.07, 6.45) is 2.70. The number of nitrogens with zero attached hydrogens (tertiary/aromatic N) is 5. The first-order chi connectivity index (χ1) is 16.2.